The average molecular weight is 216 g/mol. The largest absolute Gasteiger partial charge is 0.435 e. The quantitative estimate of drug-likeness (QED) is 0.760. The minimum Gasteiger partial charge on any atom is -0.435 e. The van der Waals surface area contributed by atoms with Gasteiger partial charge in [0.05, 0.1) is 0 Å². The molecule has 0 heterocycles. The van der Waals surface area contributed by atoms with Crippen molar-refractivity contribution in [2.45, 2.75) is 6.61 Å². The summed E-state index contributed by atoms with van der Waals surface area (Å²) in [7, 11) is 0. The van der Waals surface area contributed by atoms with Crippen molar-refractivity contribution < 1.29 is 13.5 Å². The molecule has 4 heteroatoms. The van der Waals surface area contributed by atoms with Crippen LogP contribution in [0.5, 0.6) is 5.75 Å². The first-order chi connectivity index (χ1) is 6.72. The van der Waals surface area contributed by atoms with Gasteiger partial charge in [-0.25, -0.2) is 0 Å². The standard InChI is InChI=1S/C10H10F2OS/c11-10(12)13-9-5-1-3-8(7-9)4-2-6-14/h1-5,7,10,14H,6H2. The summed E-state index contributed by atoms with van der Waals surface area (Å²) in [6, 6.07) is 6.50. The predicted molar refractivity (Wildman–Crippen MR) is 56.0 cm³/mol. The third-order valence-corrected chi connectivity index (χ3v) is 1.71. The second-order valence-corrected chi connectivity index (χ2v) is 2.90. The highest BCUT2D eigenvalue weighted by Crippen LogP contribution is 2.16. The molecule has 0 N–H and O–H groups in total. The van der Waals surface area contributed by atoms with Gasteiger partial charge in [-0.1, -0.05) is 24.3 Å². The summed E-state index contributed by atoms with van der Waals surface area (Å²) in [6.07, 6.45) is 3.62. The molecule has 0 fully saturated rings. The van der Waals surface area contributed by atoms with Crippen LogP contribution in [0.2, 0.25) is 0 Å². The van der Waals surface area contributed by atoms with Gasteiger partial charge >= 0.3 is 6.61 Å². The maximum atomic E-state index is 11.9. The molecule has 0 aliphatic rings. The Morgan fingerprint density at radius 3 is 2.86 bits per heavy atom. The van der Waals surface area contributed by atoms with Crippen molar-refractivity contribution in [3.63, 3.8) is 0 Å². The number of hydrogen-bond acceptors (Lipinski definition) is 2. The lowest BCUT2D eigenvalue weighted by molar-refractivity contribution is -0.0498. The molecule has 1 nitrogen and oxygen atoms in total. The molecule has 1 aromatic rings. The minimum absolute atomic E-state index is 0.168. The monoisotopic (exact) mass is 216 g/mol. The van der Waals surface area contributed by atoms with Gasteiger partial charge in [0.15, 0.2) is 0 Å². The topological polar surface area (TPSA) is 9.23 Å². The summed E-state index contributed by atoms with van der Waals surface area (Å²) in [5.74, 6) is 0.779. The first-order valence-electron chi connectivity index (χ1n) is 4.04. The van der Waals surface area contributed by atoms with E-state index in [9.17, 15) is 8.78 Å². The molecule has 0 spiro atoms. The SMILES string of the molecule is FC(F)Oc1cccc(C=CCS)c1. The van der Waals surface area contributed by atoms with Crippen molar-refractivity contribution in [1.82, 2.24) is 0 Å². The molecular weight excluding hydrogens is 206 g/mol. The Balaban J connectivity index is 2.73. The van der Waals surface area contributed by atoms with Gasteiger partial charge in [-0.2, -0.15) is 21.4 Å². The van der Waals surface area contributed by atoms with Crippen LogP contribution in [-0.2, 0) is 0 Å². The number of hydrogen-bond donors (Lipinski definition) is 1. The lowest BCUT2D eigenvalue weighted by Gasteiger charge is -2.04. The maximum absolute atomic E-state index is 11.9. The molecule has 0 atom stereocenters. The zero-order valence-electron chi connectivity index (χ0n) is 7.36. The lowest BCUT2D eigenvalue weighted by Crippen LogP contribution is -2.01. The van der Waals surface area contributed by atoms with E-state index in [4.69, 9.17) is 0 Å². The van der Waals surface area contributed by atoms with Crippen LogP contribution in [0, 0.1) is 0 Å². The molecule has 1 aromatic carbocycles. The van der Waals surface area contributed by atoms with Crippen LogP contribution >= 0.6 is 12.6 Å². The van der Waals surface area contributed by atoms with E-state index in [0.29, 0.717) is 5.75 Å². The molecule has 0 amide bonds. The molecule has 0 aliphatic heterocycles. The molecule has 76 valence electrons. The molecule has 14 heavy (non-hydrogen) atoms. The summed E-state index contributed by atoms with van der Waals surface area (Å²) >= 11 is 3.99. The Hall–Kier alpha value is -1.03. The van der Waals surface area contributed by atoms with Gasteiger partial charge in [0.2, 0.25) is 0 Å². The van der Waals surface area contributed by atoms with Gasteiger partial charge in [-0.15, -0.1) is 0 Å². The van der Waals surface area contributed by atoms with E-state index in [2.05, 4.69) is 17.4 Å². The van der Waals surface area contributed by atoms with Crippen molar-refractivity contribution in [1.29, 1.82) is 0 Å². The van der Waals surface area contributed by atoms with Gasteiger partial charge in [-0.3, -0.25) is 0 Å². The van der Waals surface area contributed by atoms with E-state index >= 15 is 0 Å². The number of halogens is 2. The molecular formula is C10H10F2OS. The van der Waals surface area contributed by atoms with Crippen LogP contribution in [0.25, 0.3) is 6.08 Å². The summed E-state index contributed by atoms with van der Waals surface area (Å²) in [6.45, 7) is -2.78. The fourth-order valence-corrected chi connectivity index (χ4v) is 1.09. The molecule has 0 saturated heterocycles. The van der Waals surface area contributed by atoms with Crippen LogP contribution in [0.3, 0.4) is 0 Å². The summed E-state index contributed by atoms with van der Waals surface area (Å²) in [4.78, 5) is 0. The Kier molecular flexibility index (Phi) is 4.46. The minimum atomic E-state index is -2.78. The fourth-order valence-electron chi connectivity index (χ4n) is 0.983. The Bertz CT molecular complexity index is 313. The average Bonchev–Trinajstić information content (AvgIpc) is 2.14. The Labute approximate surface area is 86.8 Å². The van der Waals surface area contributed by atoms with Crippen molar-refractivity contribution in [2.75, 3.05) is 5.75 Å². The molecule has 1 rings (SSSR count). The summed E-state index contributed by atoms with van der Waals surface area (Å²) in [5.41, 5.74) is 0.817. The van der Waals surface area contributed by atoms with Crippen LogP contribution in [0.1, 0.15) is 5.56 Å². The van der Waals surface area contributed by atoms with E-state index in [0.717, 1.165) is 5.56 Å². The number of thiol groups is 1. The molecule has 0 unspecified atom stereocenters. The lowest BCUT2D eigenvalue weighted by atomic mass is 10.2. The van der Waals surface area contributed by atoms with Crippen molar-refractivity contribution in [3.8, 4) is 5.75 Å². The molecule has 0 aromatic heterocycles. The van der Waals surface area contributed by atoms with Crippen molar-refractivity contribution >= 4 is 18.7 Å². The summed E-state index contributed by atoms with van der Waals surface area (Å²) < 4.78 is 28.0. The first kappa shape index (κ1) is 11.0. The van der Waals surface area contributed by atoms with Gasteiger partial charge < -0.3 is 4.74 Å². The zero-order chi connectivity index (χ0) is 10.4. The van der Waals surface area contributed by atoms with E-state index in [1.54, 1.807) is 24.3 Å². The van der Waals surface area contributed by atoms with Gasteiger partial charge in [-0.05, 0) is 17.7 Å². The second-order valence-electron chi connectivity index (χ2n) is 2.54. The Morgan fingerprint density at radius 1 is 1.43 bits per heavy atom. The third-order valence-electron chi connectivity index (χ3n) is 1.50. The third kappa shape index (κ3) is 3.79. The number of alkyl halides is 2. The van der Waals surface area contributed by atoms with Gasteiger partial charge in [0.1, 0.15) is 5.75 Å². The molecule has 0 aliphatic carbocycles. The van der Waals surface area contributed by atoms with Crippen LogP contribution in [-0.4, -0.2) is 12.4 Å². The fraction of sp³-hybridized carbons (Fsp3) is 0.200. The summed E-state index contributed by atoms with van der Waals surface area (Å²) in [5, 5.41) is 0. The number of ether oxygens (including phenoxy) is 1. The van der Waals surface area contributed by atoms with E-state index < -0.39 is 6.61 Å². The normalized spacial score (nSPS) is 11.1. The van der Waals surface area contributed by atoms with Gasteiger partial charge in [0, 0.05) is 5.75 Å². The van der Waals surface area contributed by atoms with Crippen LogP contribution in [0.15, 0.2) is 30.3 Å². The smallest absolute Gasteiger partial charge is 0.387 e. The predicted octanol–water partition coefficient (Wildman–Crippen LogP) is 3.23. The Morgan fingerprint density at radius 2 is 2.21 bits per heavy atom. The number of benzene rings is 1. The maximum Gasteiger partial charge on any atom is 0.387 e. The first-order valence-corrected chi connectivity index (χ1v) is 4.68. The molecule has 0 saturated carbocycles. The van der Waals surface area contributed by atoms with E-state index in [1.165, 1.54) is 6.07 Å². The van der Waals surface area contributed by atoms with Crippen LogP contribution in [0.4, 0.5) is 8.78 Å². The van der Waals surface area contributed by atoms with E-state index in [-0.39, 0.29) is 5.75 Å². The highest BCUT2D eigenvalue weighted by molar-refractivity contribution is 7.80. The number of rotatable bonds is 4. The van der Waals surface area contributed by atoms with Gasteiger partial charge in [0.25, 0.3) is 0 Å². The highest BCUT2D eigenvalue weighted by atomic mass is 32.1. The van der Waals surface area contributed by atoms with Crippen LogP contribution < -0.4 is 4.74 Å². The van der Waals surface area contributed by atoms with Crippen molar-refractivity contribution in [2.24, 2.45) is 0 Å². The second kappa shape index (κ2) is 5.65. The molecule has 0 radical (unpaired) electrons. The molecule has 0 bridgehead atoms. The highest BCUT2D eigenvalue weighted by Gasteiger charge is 2.03. The van der Waals surface area contributed by atoms with E-state index in [1.807, 2.05) is 6.08 Å². The zero-order valence-corrected chi connectivity index (χ0v) is 8.25. The van der Waals surface area contributed by atoms with Crippen molar-refractivity contribution in [3.05, 3.63) is 35.9 Å².